The lowest BCUT2D eigenvalue weighted by atomic mass is 10.0. The lowest BCUT2D eigenvalue weighted by Crippen LogP contribution is -2.71. The summed E-state index contributed by atoms with van der Waals surface area (Å²) in [5.41, 5.74) is 10.2. The lowest BCUT2D eigenvalue weighted by molar-refractivity contribution is -0.150. The zero-order valence-electron chi connectivity index (χ0n) is 16.9. The third kappa shape index (κ3) is 4.85. The fraction of sp³-hybridized carbons (Fsp3) is 0.471. The molecule has 2 fully saturated rings. The van der Waals surface area contributed by atoms with Crippen molar-refractivity contribution < 1.29 is 33.9 Å². The van der Waals surface area contributed by atoms with Crippen LogP contribution in [0.4, 0.5) is 9.93 Å². The van der Waals surface area contributed by atoms with Gasteiger partial charge in [0, 0.05) is 22.9 Å². The molecule has 33 heavy (non-hydrogen) atoms. The number of β-lactam (4-membered cyclic amide) rings is 1. The summed E-state index contributed by atoms with van der Waals surface area (Å²) in [4.78, 5) is 58.5. The first kappa shape index (κ1) is 22.8. The number of thioether (sulfide) groups is 1. The molecule has 0 bridgehead atoms. The van der Waals surface area contributed by atoms with E-state index >= 15 is 0 Å². The molecule has 14 nitrogen and oxygen atoms in total. The van der Waals surface area contributed by atoms with Crippen molar-refractivity contribution in [2.45, 2.75) is 24.3 Å². The number of ether oxygens (including phenoxy) is 1. The maximum absolute atomic E-state index is 12.9. The second-order valence-corrected chi connectivity index (χ2v) is 9.25. The summed E-state index contributed by atoms with van der Waals surface area (Å²) < 4.78 is 8.66. The van der Waals surface area contributed by atoms with Crippen molar-refractivity contribution in [3.63, 3.8) is 0 Å². The summed E-state index contributed by atoms with van der Waals surface area (Å²) in [6, 6.07) is -1.01. The maximum atomic E-state index is 12.9. The van der Waals surface area contributed by atoms with Crippen LogP contribution in [0.3, 0.4) is 0 Å². The van der Waals surface area contributed by atoms with Crippen molar-refractivity contribution in [2.24, 2.45) is 16.8 Å². The van der Waals surface area contributed by atoms with Gasteiger partial charge < -0.3 is 31.5 Å². The van der Waals surface area contributed by atoms with Crippen LogP contribution < -0.4 is 16.8 Å². The largest absolute Gasteiger partial charge is 0.477 e. The van der Waals surface area contributed by atoms with Gasteiger partial charge in [-0.25, -0.2) is 9.59 Å². The second-order valence-electron chi connectivity index (χ2n) is 7.36. The fourth-order valence-corrected chi connectivity index (χ4v) is 4.93. The standard InChI is InChI=1S/C17H19N7O7S2/c18-16-21-11(23-33-16)8(22-31-3-6-1-2-6)12(25)20-9-13(26)24-10(15(27)28)7(4-30-17(19)29)5-32-14(9)24/h6,9,14H,1-5H2,(H2,19,29)(H,20,25)(H,27,28)(H2,18,21,23)/b22-8-/t9-,14-/m1/s1. The minimum absolute atomic E-state index is 0.0391. The molecule has 0 aromatic carbocycles. The average molecular weight is 498 g/mol. The third-order valence-electron chi connectivity index (χ3n) is 4.96. The highest BCUT2D eigenvalue weighted by Gasteiger charge is 2.54. The SMILES string of the molecule is NC(=O)OCC1=C(C(=O)O)N2C(=O)[C@@H](NC(=O)/C(=N\OCC3CC3)c3nsc(N)n3)[C@H]2SC1. The van der Waals surface area contributed by atoms with Crippen LogP contribution in [0.5, 0.6) is 0 Å². The maximum Gasteiger partial charge on any atom is 0.404 e. The van der Waals surface area contributed by atoms with Gasteiger partial charge in [-0.3, -0.25) is 14.5 Å². The van der Waals surface area contributed by atoms with E-state index < -0.39 is 35.3 Å². The van der Waals surface area contributed by atoms with Gasteiger partial charge in [0.2, 0.25) is 11.5 Å². The number of nitrogen functional groups attached to an aromatic ring is 1. The van der Waals surface area contributed by atoms with E-state index in [1.165, 1.54) is 11.8 Å². The Hall–Kier alpha value is -3.40. The first-order chi connectivity index (χ1) is 15.8. The molecule has 1 aliphatic carbocycles. The van der Waals surface area contributed by atoms with E-state index in [9.17, 15) is 24.3 Å². The van der Waals surface area contributed by atoms with Gasteiger partial charge in [0.05, 0.1) is 0 Å². The van der Waals surface area contributed by atoms with Crippen LogP contribution in [0.1, 0.15) is 18.7 Å². The molecule has 16 heteroatoms. The predicted molar refractivity (Wildman–Crippen MR) is 115 cm³/mol. The zero-order valence-corrected chi connectivity index (χ0v) is 18.6. The number of carbonyl (C=O) groups excluding carboxylic acids is 3. The van der Waals surface area contributed by atoms with Gasteiger partial charge in [0.25, 0.3) is 11.8 Å². The first-order valence-electron chi connectivity index (χ1n) is 9.68. The molecule has 3 heterocycles. The molecular weight excluding hydrogens is 478 g/mol. The number of hydrogen-bond acceptors (Lipinski definition) is 12. The summed E-state index contributed by atoms with van der Waals surface area (Å²) in [6.07, 6.45) is 0.984. The number of carboxylic acids is 1. The summed E-state index contributed by atoms with van der Waals surface area (Å²) in [7, 11) is 0. The van der Waals surface area contributed by atoms with E-state index in [0.717, 1.165) is 29.3 Å². The number of aromatic nitrogens is 2. The quantitative estimate of drug-likeness (QED) is 0.186. The number of primary amides is 1. The number of nitrogens with one attached hydrogen (secondary N) is 1. The number of nitrogens with zero attached hydrogens (tertiary/aromatic N) is 4. The normalized spacial score (nSPS) is 22.4. The summed E-state index contributed by atoms with van der Waals surface area (Å²) in [5, 5.41) is 15.5. The molecule has 1 saturated heterocycles. The van der Waals surface area contributed by atoms with Crippen LogP contribution in [-0.2, 0) is 24.0 Å². The molecule has 1 aromatic heterocycles. The number of anilines is 1. The number of carboxylic acid groups (broad SMARTS) is 1. The van der Waals surface area contributed by atoms with Gasteiger partial charge in [-0.2, -0.15) is 9.36 Å². The molecule has 2 atom stereocenters. The third-order valence-corrected chi connectivity index (χ3v) is 6.84. The van der Waals surface area contributed by atoms with Crippen molar-refractivity contribution in [1.29, 1.82) is 0 Å². The molecule has 176 valence electrons. The van der Waals surface area contributed by atoms with E-state index in [-0.39, 0.29) is 40.3 Å². The van der Waals surface area contributed by atoms with Gasteiger partial charge in [0.1, 0.15) is 30.3 Å². The van der Waals surface area contributed by atoms with Crippen LogP contribution in [0.15, 0.2) is 16.4 Å². The molecular formula is C17H19N7O7S2. The number of aliphatic carboxylic acids is 1. The fourth-order valence-electron chi connectivity index (χ4n) is 3.17. The zero-order chi connectivity index (χ0) is 23.7. The molecule has 4 rings (SSSR count). The van der Waals surface area contributed by atoms with Crippen LogP contribution in [0.25, 0.3) is 0 Å². The Kier molecular flexibility index (Phi) is 6.37. The summed E-state index contributed by atoms with van der Waals surface area (Å²) in [6.45, 7) is -0.0164. The number of nitrogens with two attached hydrogens (primary N) is 2. The Balaban J connectivity index is 1.48. The van der Waals surface area contributed by atoms with Crippen LogP contribution in [0, 0.1) is 5.92 Å². The average Bonchev–Trinajstić information content (AvgIpc) is 3.50. The first-order valence-corrected chi connectivity index (χ1v) is 11.5. The monoisotopic (exact) mass is 497 g/mol. The molecule has 1 aromatic rings. The van der Waals surface area contributed by atoms with Crippen molar-refractivity contribution >= 4 is 58.0 Å². The molecule has 2 aliphatic heterocycles. The number of rotatable bonds is 9. The minimum Gasteiger partial charge on any atom is -0.477 e. The van der Waals surface area contributed by atoms with Gasteiger partial charge >= 0.3 is 12.1 Å². The Morgan fingerprint density at radius 3 is 2.70 bits per heavy atom. The van der Waals surface area contributed by atoms with Gasteiger partial charge in [-0.15, -0.1) is 11.8 Å². The molecule has 3 aliphatic rings. The van der Waals surface area contributed by atoms with Crippen LogP contribution >= 0.6 is 23.3 Å². The second kappa shape index (κ2) is 9.22. The predicted octanol–water partition coefficient (Wildman–Crippen LogP) is -0.915. The molecule has 6 N–H and O–H groups in total. The Morgan fingerprint density at radius 1 is 1.33 bits per heavy atom. The highest BCUT2D eigenvalue weighted by atomic mass is 32.2. The van der Waals surface area contributed by atoms with E-state index in [1.807, 2.05) is 0 Å². The molecule has 0 unspecified atom stereocenters. The number of amides is 3. The Morgan fingerprint density at radius 2 is 2.09 bits per heavy atom. The van der Waals surface area contributed by atoms with E-state index in [4.69, 9.17) is 16.3 Å². The van der Waals surface area contributed by atoms with Gasteiger partial charge in [-0.05, 0) is 18.8 Å². The molecule has 3 amide bonds. The molecule has 1 saturated carbocycles. The van der Waals surface area contributed by atoms with Crippen LogP contribution in [-0.4, -0.2) is 79.3 Å². The minimum atomic E-state index is -1.36. The van der Waals surface area contributed by atoms with E-state index in [1.54, 1.807) is 0 Å². The van der Waals surface area contributed by atoms with Crippen molar-refractivity contribution in [3.8, 4) is 0 Å². The number of carbonyl (C=O) groups is 4. The smallest absolute Gasteiger partial charge is 0.404 e. The number of fused-ring (bicyclic) bond motifs is 1. The number of oxime groups is 1. The molecule has 0 spiro atoms. The van der Waals surface area contributed by atoms with Crippen LogP contribution in [0.2, 0.25) is 0 Å². The van der Waals surface area contributed by atoms with E-state index in [0.29, 0.717) is 12.5 Å². The van der Waals surface area contributed by atoms with Gasteiger partial charge in [0.15, 0.2) is 5.13 Å². The molecule has 0 radical (unpaired) electrons. The number of hydrogen-bond donors (Lipinski definition) is 4. The Labute approximate surface area is 194 Å². The van der Waals surface area contributed by atoms with Crippen molar-refractivity contribution in [3.05, 3.63) is 17.1 Å². The van der Waals surface area contributed by atoms with Gasteiger partial charge in [-0.1, -0.05) is 5.16 Å². The topological polar surface area (TPSA) is 212 Å². The van der Waals surface area contributed by atoms with Crippen molar-refractivity contribution in [2.75, 3.05) is 24.7 Å². The van der Waals surface area contributed by atoms with E-state index in [2.05, 4.69) is 24.6 Å². The highest BCUT2D eigenvalue weighted by molar-refractivity contribution is 8.00. The van der Waals surface area contributed by atoms with Crippen molar-refractivity contribution in [1.82, 2.24) is 19.6 Å². The summed E-state index contributed by atoms with van der Waals surface area (Å²) >= 11 is 2.08. The lowest BCUT2D eigenvalue weighted by Gasteiger charge is -2.49. The summed E-state index contributed by atoms with van der Waals surface area (Å²) in [5.74, 6) is -2.25. The Bertz CT molecular complexity index is 1070. The highest BCUT2D eigenvalue weighted by Crippen LogP contribution is 2.40.